The average molecular weight is 275 g/mol. The summed E-state index contributed by atoms with van der Waals surface area (Å²) in [6.45, 7) is 2.26. The van der Waals surface area contributed by atoms with Crippen molar-refractivity contribution >= 4 is 27.9 Å². The Hall–Kier alpha value is -1.46. The summed E-state index contributed by atoms with van der Waals surface area (Å²) in [7, 11) is 0. The summed E-state index contributed by atoms with van der Waals surface area (Å²) >= 11 is 1.25. The molecule has 0 spiro atoms. The fourth-order valence-corrected chi connectivity index (χ4v) is 2.29. The van der Waals surface area contributed by atoms with Crippen LogP contribution in [0, 0.1) is 0 Å². The molecule has 0 bridgehead atoms. The summed E-state index contributed by atoms with van der Waals surface area (Å²) < 4.78 is 0. The monoisotopic (exact) mass is 275 g/mol. The quantitative estimate of drug-likeness (QED) is 0.906. The fourth-order valence-electron chi connectivity index (χ4n) is 1.80. The van der Waals surface area contributed by atoms with Crippen molar-refractivity contribution < 1.29 is 4.79 Å². The van der Waals surface area contributed by atoms with E-state index in [4.69, 9.17) is 5.73 Å². The van der Waals surface area contributed by atoms with Crippen molar-refractivity contribution in [3.63, 3.8) is 0 Å². The maximum absolute atomic E-state index is 10.9. The third-order valence-corrected chi connectivity index (χ3v) is 3.60. The minimum absolute atomic E-state index is 0.0963. The summed E-state index contributed by atoms with van der Waals surface area (Å²) in [6, 6.07) is 6.10. The third kappa shape index (κ3) is 4.01. The second-order valence-corrected chi connectivity index (χ2v) is 5.51. The number of nitrogens with two attached hydrogens (primary N) is 1. The molecule has 19 heavy (non-hydrogen) atoms. The van der Waals surface area contributed by atoms with E-state index in [0.717, 1.165) is 29.6 Å². The largest absolute Gasteiger partial charge is 0.330 e. The van der Waals surface area contributed by atoms with E-state index in [2.05, 4.69) is 22.1 Å². The molecule has 4 nitrogen and oxygen atoms in total. The smallest absolute Gasteiger partial charge is 0.186 e. The fraction of sp³-hybridized carbons (Fsp3) is 0.357. The molecule has 0 saturated heterocycles. The molecule has 100 valence electrons. The molecule has 0 amide bonds. The maximum atomic E-state index is 10.9. The predicted octanol–water partition coefficient (Wildman–Crippen LogP) is 2.30. The van der Waals surface area contributed by atoms with Crippen LogP contribution in [0.3, 0.4) is 0 Å². The third-order valence-electron chi connectivity index (χ3n) is 2.75. The van der Waals surface area contributed by atoms with Crippen LogP contribution in [-0.4, -0.2) is 21.6 Å². The highest BCUT2D eigenvalue weighted by atomic mass is 32.2. The number of rotatable bonds is 5. The van der Waals surface area contributed by atoms with Gasteiger partial charge in [0.05, 0.1) is 16.7 Å². The lowest BCUT2D eigenvalue weighted by atomic mass is 10.1. The molecule has 0 unspecified atom stereocenters. The lowest BCUT2D eigenvalue weighted by Crippen LogP contribution is -2.00. The SMILES string of the molecule is CC(=O)SCc1cnc2cc(CCCN)ccc2n1. The molecule has 0 saturated carbocycles. The summed E-state index contributed by atoms with van der Waals surface area (Å²) in [5.74, 6) is 0.577. The lowest BCUT2D eigenvalue weighted by molar-refractivity contribution is -0.109. The number of thioether (sulfide) groups is 1. The van der Waals surface area contributed by atoms with Gasteiger partial charge in [-0.1, -0.05) is 17.8 Å². The van der Waals surface area contributed by atoms with Crippen LogP contribution in [0.4, 0.5) is 0 Å². The number of nitrogens with zero attached hydrogens (tertiary/aromatic N) is 2. The molecule has 0 aliphatic rings. The Kier molecular flexibility index (Phi) is 4.87. The highest BCUT2D eigenvalue weighted by Crippen LogP contribution is 2.16. The topological polar surface area (TPSA) is 68.9 Å². The molecule has 1 aromatic heterocycles. The van der Waals surface area contributed by atoms with Gasteiger partial charge in [-0.2, -0.15) is 0 Å². The first kappa shape index (κ1) is 14.0. The van der Waals surface area contributed by atoms with Crippen LogP contribution < -0.4 is 5.73 Å². The van der Waals surface area contributed by atoms with Gasteiger partial charge >= 0.3 is 0 Å². The molecule has 0 aliphatic carbocycles. The molecule has 5 heteroatoms. The average Bonchev–Trinajstić information content (AvgIpc) is 2.42. The van der Waals surface area contributed by atoms with Gasteiger partial charge in [0.1, 0.15) is 0 Å². The lowest BCUT2D eigenvalue weighted by Gasteiger charge is -2.04. The first-order valence-corrected chi connectivity index (χ1v) is 7.25. The Morgan fingerprint density at radius 3 is 2.95 bits per heavy atom. The zero-order valence-electron chi connectivity index (χ0n) is 10.9. The zero-order valence-corrected chi connectivity index (χ0v) is 11.7. The van der Waals surface area contributed by atoms with Crippen molar-refractivity contribution in [1.29, 1.82) is 0 Å². The summed E-state index contributed by atoms with van der Waals surface area (Å²) in [4.78, 5) is 19.8. The molecular weight excluding hydrogens is 258 g/mol. The summed E-state index contributed by atoms with van der Waals surface area (Å²) in [5.41, 5.74) is 9.35. The van der Waals surface area contributed by atoms with Crippen molar-refractivity contribution in [3.05, 3.63) is 35.7 Å². The zero-order chi connectivity index (χ0) is 13.7. The first-order chi connectivity index (χ1) is 9.19. The molecule has 0 atom stereocenters. The van der Waals surface area contributed by atoms with Crippen LogP contribution in [0.5, 0.6) is 0 Å². The number of benzene rings is 1. The van der Waals surface area contributed by atoms with Gasteiger partial charge in [-0.15, -0.1) is 0 Å². The molecule has 2 aromatic rings. The van der Waals surface area contributed by atoms with Crippen molar-refractivity contribution in [2.24, 2.45) is 5.73 Å². The maximum Gasteiger partial charge on any atom is 0.186 e. The number of carbonyl (C=O) groups is 1. The number of aromatic nitrogens is 2. The number of aryl methyl sites for hydroxylation is 1. The van der Waals surface area contributed by atoms with Crippen molar-refractivity contribution in [3.8, 4) is 0 Å². The van der Waals surface area contributed by atoms with Gasteiger partial charge in [0.25, 0.3) is 0 Å². The van der Waals surface area contributed by atoms with Gasteiger partial charge < -0.3 is 5.73 Å². The Balaban J connectivity index is 2.17. The van der Waals surface area contributed by atoms with E-state index in [9.17, 15) is 4.79 Å². The van der Waals surface area contributed by atoms with Gasteiger partial charge in [0.15, 0.2) is 5.12 Å². The molecule has 0 fully saturated rings. The Labute approximate surface area is 116 Å². The Morgan fingerprint density at radius 2 is 2.21 bits per heavy atom. The van der Waals surface area contributed by atoms with Gasteiger partial charge in [0.2, 0.25) is 0 Å². The van der Waals surface area contributed by atoms with Gasteiger partial charge in [-0.05, 0) is 37.1 Å². The minimum Gasteiger partial charge on any atom is -0.330 e. The van der Waals surface area contributed by atoms with Crippen LogP contribution in [0.1, 0.15) is 24.6 Å². The number of hydrogen-bond acceptors (Lipinski definition) is 5. The number of carbonyl (C=O) groups excluding carboxylic acids is 1. The normalized spacial score (nSPS) is 10.8. The number of hydrogen-bond donors (Lipinski definition) is 1. The Morgan fingerprint density at radius 1 is 1.37 bits per heavy atom. The molecule has 2 rings (SSSR count). The van der Waals surface area contributed by atoms with E-state index < -0.39 is 0 Å². The molecule has 0 aliphatic heterocycles. The second kappa shape index (κ2) is 6.63. The van der Waals surface area contributed by atoms with Crippen molar-refractivity contribution in [1.82, 2.24) is 9.97 Å². The van der Waals surface area contributed by atoms with Crippen molar-refractivity contribution in [2.45, 2.75) is 25.5 Å². The highest BCUT2D eigenvalue weighted by molar-refractivity contribution is 8.12. The minimum atomic E-state index is 0.0963. The Bertz CT molecular complexity index is 586. The number of fused-ring (bicyclic) bond motifs is 1. The standard InChI is InChI=1S/C14H17N3OS/c1-10(18)19-9-12-8-16-14-7-11(3-2-6-15)4-5-13(14)17-12/h4-5,7-8H,2-3,6,9,15H2,1H3. The molecule has 2 N–H and O–H groups in total. The second-order valence-electron chi connectivity index (χ2n) is 4.36. The van der Waals surface area contributed by atoms with Crippen molar-refractivity contribution in [2.75, 3.05) is 6.54 Å². The van der Waals surface area contributed by atoms with E-state index in [-0.39, 0.29) is 5.12 Å². The highest BCUT2D eigenvalue weighted by Gasteiger charge is 2.03. The molecular formula is C14H17N3OS. The van der Waals surface area contributed by atoms with Gasteiger partial charge in [-0.3, -0.25) is 9.78 Å². The summed E-state index contributed by atoms with van der Waals surface area (Å²) in [5, 5.41) is 0.0963. The van der Waals surface area contributed by atoms with Crippen LogP contribution in [0.2, 0.25) is 0 Å². The molecule has 1 heterocycles. The van der Waals surface area contributed by atoms with E-state index in [1.54, 1.807) is 13.1 Å². The van der Waals surface area contributed by atoms with Crippen LogP contribution in [0.25, 0.3) is 11.0 Å². The summed E-state index contributed by atoms with van der Waals surface area (Å²) in [6.07, 6.45) is 3.69. The molecule has 1 aromatic carbocycles. The van der Waals surface area contributed by atoms with E-state index in [1.807, 2.05) is 6.07 Å². The van der Waals surface area contributed by atoms with E-state index >= 15 is 0 Å². The van der Waals surface area contributed by atoms with Crippen LogP contribution in [0.15, 0.2) is 24.4 Å². The van der Waals surface area contributed by atoms with E-state index in [0.29, 0.717) is 12.3 Å². The van der Waals surface area contributed by atoms with Gasteiger partial charge in [-0.25, -0.2) is 4.98 Å². The predicted molar refractivity (Wildman–Crippen MR) is 78.9 cm³/mol. The molecule has 0 radical (unpaired) electrons. The van der Waals surface area contributed by atoms with Gasteiger partial charge in [0, 0.05) is 18.9 Å². The van der Waals surface area contributed by atoms with E-state index in [1.165, 1.54) is 17.3 Å². The first-order valence-electron chi connectivity index (χ1n) is 6.27. The van der Waals surface area contributed by atoms with Crippen LogP contribution in [-0.2, 0) is 17.0 Å². The van der Waals surface area contributed by atoms with Crippen LogP contribution >= 0.6 is 11.8 Å².